The minimum atomic E-state index is -4.05. The quantitative estimate of drug-likeness (QED) is 0.619. The van der Waals surface area contributed by atoms with E-state index in [1.165, 1.54) is 49.4 Å². The normalized spacial score (nSPS) is 11.4. The van der Waals surface area contributed by atoms with Gasteiger partial charge < -0.3 is 19.5 Å². The van der Waals surface area contributed by atoms with E-state index in [9.17, 15) is 18.0 Å². The van der Waals surface area contributed by atoms with Gasteiger partial charge in [0.05, 0.1) is 11.0 Å². The molecule has 0 aliphatic carbocycles. The third-order valence-electron chi connectivity index (χ3n) is 3.16. The van der Waals surface area contributed by atoms with Crippen LogP contribution in [0.3, 0.4) is 0 Å². The summed E-state index contributed by atoms with van der Waals surface area (Å²) in [6, 6.07) is 10.0. The van der Waals surface area contributed by atoms with Crippen molar-refractivity contribution in [2.45, 2.75) is 11.8 Å². The number of amides is 1. The zero-order valence-electron chi connectivity index (χ0n) is 12.5. The number of fused-ring (bicyclic) bond motifs is 1. The average molecular weight is 347 g/mol. The maximum atomic E-state index is 12.3. The number of carbonyl (C=O) groups is 1. The van der Waals surface area contributed by atoms with Crippen LogP contribution in [0.2, 0.25) is 0 Å². The van der Waals surface area contributed by atoms with E-state index in [0.29, 0.717) is 16.7 Å². The molecule has 0 saturated carbocycles. The minimum Gasteiger partial charge on any atom is -0.379 e. The molecular formula is C15H13N3O5S. The summed E-state index contributed by atoms with van der Waals surface area (Å²) in [4.78, 5) is 27.1. The summed E-state index contributed by atoms with van der Waals surface area (Å²) in [5.74, 6) is -0.128. The van der Waals surface area contributed by atoms with Gasteiger partial charge >= 0.3 is 15.8 Å². The van der Waals surface area contributed by atoms with Gasteiger partial charge in [-0.1, -0.05) is 0 Å². The standard InChI is InChI=1S/C15H13N3O5S/c1-9(19)16-10-2-4-11(5-3-10)23-24(21,22)12-6-7-13-14(8-12)18-15(20)17-13/h2-8H,1H3,(H,16,19)(H2,17,18,20). The summed E-state index contributed by atoms with van der Waals surface area (Å²) >= 11 is 0. The van der Waals surface area contributed by atoms with Crippen LogP contribution in [0.15, 0.2) is 52.2 Å². The van der Waals surface area contributed by atoms with E-state index < -0.39 is 15.8 Å². The summed E-state index contributed by atoms with van der Waals surface area (Å²) in [6.07, 6.45) is 0. The third kappa shape index (κ3) is 3.30. The minimum absolute atomic E-state index is 0.0869. The van der Waals surface area contributed by atoms with E-state index in [4.69, 9.17) is 4.18 Å². The average Bonchev–Trinajstić information content (AvgIpc) is 2.87. The number of anilines is 1. The Kier molecular flexibility index (Phi) is 3.86. The van der Waals surface area contributed by atoms with E-state index in [2.05, 4.69) is 15.3 Å². The molecular weight excluding hydrogens is 334 g/mol. The molecule has 0 spiro atoms. The van der Waals surface area contributed by atoms with Gasteiger partial charge in [-0.05, 0) is 42.5 Å². The number of nitrogens with one attached hydrogen (secondary N) is 3. The number of aromatic amines is 2. The van der Waals surface area contributed by atoms with Crippen LogP contribution in [0.4, 0.5) is 5.69 Å². The van der Waals surface area contributed by atoms with Gasteiger partial charge in [-0.15, -0.1) is 0 Å². The van der Waals surface area contributed by atoms with Crippen molar-refractivity contribution in [1.82, 2.24) is 9.97 Å². The van der Waals surface area contributed by atoms with Crippen LogP contribution < -0.4 is 15.2 Å². The molecule has 8 nitrogen and oxygen atoms in total. The van der Waals surface area contributed by atoms with Crippen molar-refractivity contribution in [3.63, 3.8) is 0 Å². The lowest BCUT2D eigenvalue weighted by Gasteiger charge is -2.08. The highest BCUT2D eigenvalue weighted by molar-refractivity contribution is 7.87. The third-order valence-corrected chi connectivity index (χ3v) is 4.40. The smallest absolute Gasteiger partial charge is 0.339 e. The van der Waals surface area contributed by atoms with Gasteiger partial charge in [0.25, 0.3) is 0 Å². The highest BCUT2D eigenvalue weighted by atomic mass is 32.2. The second kappa shape index (κ2) is 5.85. The molecule has 24 heavy (non-hydrogen) atoms. The summed E-state index contributed by atoms with van der Waals surface area (Å²) in [6.45, 7) is 1.37. The van der Waals surface area contributed by atoms with Crippen LogP contribution in [0.5, 0.6) is 5.75 Å². The first kappa shape index (κ1) is 15.8. The molecule has 124 valence electrons. The lowest BCUT2D eigenvalue weighted by Crippen LogP contribution is -2.10. The SMILES string of the molecule is CC(=O)Nc1ccc(OS(=O)(=O)c2ccc3[nH]c(=O)[nH]c3c2)cc1. The molecule has 3 N–H and O–H groups in total. The van der Waals surface area contributed by atoms with Crippen LogP contribution in [-0.2, 0) is 14.9 Å². The molecule has 0 atom stereocenters. The molecule has 0 aliphatic rings. The Morgan fingerprint density at radius 2 is 1.71 bits per heavy atom. The molecule has 9 heteroatoms. The number of benzene rings is 2. The molecule has 1 amide bonds. The highest BCUT2D eigenvalue weighted by Gasteiger charge is 2.18. The molecule has 3 aromatic rings. The number of hydrogen-bond donors (Lipinski definition) is 3. The van der Waals surface area contributed by atoms with Crippen molar-refractivity contribution in [3.8, 4) is 5.75 Å². The number of aromatic nitrogens is 2. The lowest BCUT2D eigenvalue weighted by atomic mass is 10.3. The van der Waals surface area contributed by atoms with Crippen LogP contribution >= 0.6 is 0 Å². The number of carbonyl (C=O) groups excluding carboxylic acids is 1. The number of rotatable bonds is 4. The molecule has 0 radical (unpaired) electrons. The summed E-state index contributed by atoms with van der Waals surface area (Å²) in [5.41, 5.74) is 0.969. The lowest BCUT2D eigenvalue weighted by molar-refractivity contribution is -0.114. The molecule has 0 aliphatic heterocycles. The molecule has 1 heterocycles. The van der Waals surface area contributed by atoms with E-state index >= 15 is 0 Å². The van der Waals surface area contributed by atoms with E-state index in [-0.39, 0.29) is 16.6 Å². The van der Waals surface area contributed by atoms with E-state index in [0.717, 1.165) is 0 Å². The fourth-order valence-corrected chi connectivity index (χ4v) is 3.10. The van der Waals surface area contributed by atoms with Gasteiger partial charge in [-0.25, -0.2) is 4.79 Å². The van der Waals surface area contributed by atoms with E-state index in [1.54, 1.807) is 0 Å². The maximum Gasteiger partial charge on any atom is 0.339 e. The molecule has 0 unspecified atom stereocenters. The highest BCUT2D eigenvalue weighted by Crippen LogP contribution is 2.22. The predicted octanol–water partition coefficient (Wildman–Crippen LogP) is 1.58. The van der Waals surface area contributed by atoms with Crippen molar-refractivity contribution in [2.24, 2.45) is 0 Å². The van der Waals surface area contributed by atoms with Crippen LogP contribution in [0, 0.1) is 0 Å². The maximum absolute atomic E-state index is 12.3. The van der Waals surface area contributed by atoms with Crippen LogP contribution in [0.1, 0.15) is 6.92 Å². The zero-order chi connectivity index (χ0) is 17.3. The summed E-state index contributed by atoms with van der Waals surface area (Å²) in [7, 11) is -4.05. The van der Waals surface area contributed by atoms with Crippen molar-refractivity contribution in [3.05, 3.63) is 52.9 Å². The van der Waals surface area contributed by atoms with Gasteiger partial charge in [-0.2, -0.15) is 8.42 Å². The fourth-order valence-electron chi connectivity index (χ4n) is 2.14. The Morgan fingerprint density at radius 1 is 1.04 bits per heavy atom. The van der Waals surface area contributed by atoms with Gasteiger partial charge in [0.1, 0.15) is 10.6 Å². The van der Waals surface area contributed by atoms with Crippen molar-refractivity contribution < 1.29 is 17.4 Å². The first-order chi connectivity index (χ1) is 11.3. The first-order valence-electron chi connectivity index (χ1n) is 6.88. The van der Waals surface area contributed by atoms with E-state index in [1.807, 2.05) is 0 Å². The van der Waals surface area contributed by atoms with Crippen LogP contribution in [0.25, 0.3) is 11.0 Å². The first-order valence-corrected chi connectivity index (χ1v) is 8.28. The second-order valence-corrected chi connectivity index (χ2v) is 6.58. The number of imidazole rings is 1. The Hall–Kier alpha value is -3.07. The Balaban J connectivity index is 1.86. The topological polar surface area (TPSA) is 121 Å². The van der Waals surface area contributed by atoms with Gasteiger partial charge in [-0.3, -0.25) is 4.79 Å². The largest absolute Gasteiger partial charge is 0.379 e. The Labute approximate surface area is 136 Å². The van der Waals surface area contributed by atoms with Gasteiger partial charge in [0, 0.05) is 12.6 Å². The Bertz CT molecular complexity index is 1060. The molecule has 0 bridgehead atoms. The predicted molar refractivity (Wildman–Crippen MR) is 87.5 cm³/mol. The van der Waals surface area contributed by atoms with Crippen molar-refractivity contribution in [2.75, 3.05) is 5.32 Å². The molecule has 0 fully saturated rings. The van der Waals surface area contributed by atoms with Crippen molar-refractivity contribution in [1.29, 1.82) is 0 Å². The summed E-state index contributed by atoms with van der Waals surface area (Å²) in [5, 5.41) is 2.57. The fraction of sp³-hybridized carbons (Fsp3) is 0.0667. The number of hydrogen-bond acceptors (Lipinski definition) is 5. The van der Waals surface area contributed by atoms with Crippen molar-refractivity contribution >= 4 is 32.7 Å². The molecule has 2 aromatic carbocycles. The van der Waals surface area contributed by atoms with Gasteiger partial charge in [0.2, 0.25) is 5.91 Å². The zero-order valence-corrected chi connectivity index (χ0v) is 13.3. The monoisotopic (exact) mass is 347 g/mol. The van der Waals surface area contributed by atoms with Gasteiger partial charge in [0.15, 0.2) is 0 Å². The summed E-state index contributed by atoms with van der Waals surface area (Å²) < 4.78 is 29.7. The molecule has 3 rings (SSSR count). The number of H-pyrrole nitrogens is 2. The molecule has 1 aromatic heterocycles. The van der Waals surface area contributed by atoms with Crippen LogP contribution in [-0.4, -0.2) is 24.3 Å². The second-order valence-electron chi connectivity index (χ2n) is 5.03. The Morgan fingerprint density at radius 3 is 2.38 bits per heavy atom. The molecule has 0 saturated heterocycles.